The first-order chi connectivity index (χ1) is 20.2. The third kappa shape index (κ3) is 7.33. The molecule has 0 bridgehead atoms. The molecule has 0 aliphatic carbocycles. The van der Waals surface area contributed by atoms with Gasteiger partial charge in [0.05, 0.1) is 17.7 Å². The van der Waals surface area contributed by atoms with Crippen molar-refractivity contribution in [3.63, 3.8) is 0 Å². The van der Waals surface area contributed by atoms with Gasteiger partial charge in [0, 0.05) is 25.7 Å². The van der Waals surface area contributed by atoms with Crippen molar-refractivity contribution in [1.29, 1.82) is 0 Å². The lowest BCUT2D eigenvalue weighted by atomic mass is 10.1. The van der Waals surface area contributed by atoms with Crippen LogP contribution in [0.5, 0.6) is 11.5 Å². The molecule has 0 fully saturated rings. The first-order valence-corrected chi connectivity index (χ1v) is 12.9. The first-order valence-electron chi connectivity index (χ1n) is 12.9. The number of anilines is 2. The molecule has 228 valence electrons. The van der Waals surface area contributed by atoms with E-state index in [1.54, 1.807) is 32.9 Å². The van der Waals surface area contributed by atoms with Gasteiger partial charge in [-0.25, -0.2) is 9.69 Å². The van der Waals surface area contributed by atoms with Crippen LogP contribution in [-0.2, 0) is 16.5 Å². The lowest BCUT2D eigenvalue weighted by Gasteiger charge is -2.27. The standard InChI is InChI=1S/C29H29F3N4O7/c1-28(2,3)43-27(39)35(23-7-6-14-34(4)26(23)38)24-21-13-12-20(41-16-15-40-5)17-22(21)25(37)36(33-24)18-8-10-19(11-9-18)42-29(30,31)32/h6-14,17H,15-16H2,1-5H3. The van der Waals surface area contributed by atoms with Gasteiger partial charge in [-0.3, -0.25) is 9.59 Å². The molecular formula is C29H29F3N4O7. The second-order valence-corrected chi connectivity index (χ2v) is 10.3. The Bertz CT molecular complexity index is 1740. The van der Waals surface area contributed by atoms with Crippen LogP contribution in [0.2, 0.25) is 0 Å². The molecule has 0 saturated carbocycles. The fraction of sp³-hybridized carbons (Fsp3) is 0.310. The maximum absolute atomic E-state index is 13.8. The average Bonchev–Trinajstić information content (AvgIpc) is 2.91. The normalized spacial score (nSPS) is 11.8. The second-order valence-electron chi connectivity index (χ2n) is 10.3. The van der Waals surface area contributed by atoms with E-state index in [9.17, 15) is 27.6 Å². The van der Waals surface area contributed by atoms with Crippen LogP contribution in [0.3, 0.4) is 0 Å². The van der Waals surface area contributed by atoms with Crippen molar-refractivity contribution >= 4 is 28.4 Å². The molecule has 2 heterocycles. The zero-order valence-corrected chi connectivity index (χ0v) is 24.0. The smallest absolute Gasteiger partial charge is 0.491 e. The Hall–Kier alpha value is -4.85. The lowest BCUT2D eigenvalue weighted by Crippen LogP contribution is -2.39. The van der Waals surface area contributed by atoms with Gasteiger partial charge in [0.1, 0.15) is 29.4 Å². The molecule has 11 nitrogen and oxygen atoms in total. The quantitative estimate of drug-likeness (QED) is 0.257. The Morgan fingerprint density at radius 3 is 2.23 bits per heavy atom. The minimum Gasteiger partial charge on any atom is -0.491 e. The maximum Gasteiger partial charge on any atom is 0.573 e. The number of hydrogen-bond acceptors (Lipinski definition) is 8. The highest BCUT2D eigenvalue weighted by atomic mass is 19.4. The van der Waals surface area contributed by atoms with Crippen LogP contribution in [-0.4, -0.2) is 52.7 Å². The SMILES string of the molecule is COCCOc1ccc2c(N(C(=O)OC(C)(C)C)c3cccn(C)c3=O)nn(-c3ccc(OC(F)(F)F)cc3)c(=O)c2c1. The van der Waals surface area contributed by atoms with Gasteiger partial charge in [0.25, 0.3) is 11.1 Å². The Labute approximate surface area is 243 Å². The van der Waals surface area contributed by atoms with Gasteiger partial charge < -0.3 is 23.5 Å². The highest BCUT2D eigenvalue weighted by molar-refractivity contribution is 6.04. The number of halogens is 3. The van der Waals surface area contributed by atoms with Crippen molar-refractivity contribution < 1.29 is 36.9 Å². The minimum atomic E-state index is -4.91. The van der Waals surface area contributed by atoms with Crippen molar-refractivity contribution in [2.75, 3.05) is 25.2 Å². The number of methoxy groups -OCH3 is 1. The molecule has 0 spiro atoms. The predicted octanol–water partition coefficient (Wildman–Crippen LogP) is 5.08. The van der Waals surface area contributed by atoms with E-state index in [4.69, 9.17) is 14.2 Å². The number of benzene rings is 2. The number of alkyl halides is 3. The molecule has 1 amide bonds. The van der Waals surface area contributed by atoms with E-state index < -0.39 is 34.9 Å². The number of fused-ring (bicyclic) bond motifs is 1. The molecule has 2 aromatic heterocycles. The number of carbonyl (C=O) groups is 1. The van der Waals surface area contributed by atoms with E-state index in [1.165, 1.54) is 55.3 Å². The van der Waals surface area contributed by atoms with Gasteiger partial charge in [-0.2, -0.15) is 4.68 Å². The van der Waals surface area contributed by atoms with Crippen LogP contribution in [0.25, 0.3) is 16.5 Å². The summed E-state index contributed by atoms with van der Waals surface area (Å²) in [6.45, 7) is 5.39. The summed E-state index contributed by atoms with van der Waals surface area (Å²) in [5.41, 5.74) is -2.28. The van der Waals surface area contributed by atoms with Crippen LogP contribution in [0.15, 0.2) is 70.4 Å². The van der Waals surface area contributed by atoms with E-state index in [0.29, 0.717) is 5.75 Å². The van der Waals surface area contributed by atoms with Crippen molar-refractivity contribution in [3.05, 3.63) is 81.5 Å². The van der Waals surface area contributed by atoms with E-state index in [1.807, 2.05) is 0 Å². The molecule has 0 aliphatic rings. The summed E-state index contributed by atoms with van der Waals surface area (Å²) in [5.74, 6) is -0.354. The summed E-state index contributed by atoms with van der Waals surface area (Å²) in [4.78, 5) is 41.6. The molecule has 0 N–H and O–H groups in total. The van der Waals surface area contributed by atoms with Gasteiger partial charge in [-0.05, 0) is 75.4 Å². The number of aryl methyl sites for hydroxylation is 1. The zero-order chi connectivity index (χ0) is 31.5. The Balaban J connectivity index is 2.00. The topological polar surface area (TPSA) is 114 Å². The van der Waals surface area contributed by atoms with Gasteiger partial charge in [-0.15, -0.1) is 18.3 Å². The van der Waals surface area contributed by atoms with E-state index >= 15 is 0 Å². The predicted molar refractivity (Wildman–Crippen MR) is 151 cm³/mol. The van der Waals surface area contributed by atoms with Gasteiger partial charge in [0.2, 0.25) is 0 Å². The van der Waals surface area contributed by atoms with E-state index in [2.05, 4.69) is 9.84 Å². The maximum atomic E-state index is 13.8. The third-order valence-corrected chi connectivity index (χ3v) is 5.85. The van der Waals surface area contributed by atoms with Gasteiger partial charge >= 0.3 is 12.5 Å². The summed E-state index contributed by atoms with van der Waals surface area (Å²) in [7, 11) is 3.00. The molecule has 0 radical (unpaired) electrons. The zero-order valence-electron chi connectivity index (χ0n) is 24.0. The second kappa shape index (κ2) is 12.2. The van der Waals surface area contributed by atoms with Crippen LogP contribution in [0, 0.1) is 0 Å². The fourth-order valence-electron chi connectivity index (χ4n) is 4.02. The number of hydrogen-bond donors (Lipinski definition) is 0. The molecule has 14 heteroatoms. The monoisotopic (exact) mass is 602 g/mol. The highest BCUT2D eigenvalue weighted by Crippen LogP contribution is 2.32. The van der Waals surface area contributed by atoms with Gasteiger partial charge in [-0.1, -0.05) is 0 Å². The Kier molecular flexibility index (Phi) is 8.80. The molecule has 0 aliphatic heterocycles. The number of carbonyl (C=O) groups excluding carboxylic acids is 1. The summed E-state index contributed by atoms with van der Waals surface area (Å²) in [6.07, 6.45) is -4.37. The van der Waals surface area contributed by atoms with Crippen molar-refractivity contribution in [1.82, 2.24) is 14.3 Å². The lowest BCUT2D eigenvalue weighted by molar-refractivity contribution is -0.274. The largest absolute Gasteiger partial charge is 0.573 e. The van der Waals surface area contributed by atoms with Crippen molar-refractivity contribution in [3.8, 4) is 17.2 Å². The fourth-order valence-corrected chi connectivity index (χ4v) is 4.02. The molecular weight excluding hydrogens is 573 g/mol. The summed E-state index contributed by atoms with van der Waals surface area (Å²) in [6, 6.07) is 11.9. The number of rotatable bonds is 8. The Morgan fingerprint density at radius 2 is 1.60 bits per heavy atom. The molecule has 0 atom stereocenters. The molecule has 4 rings (SSSR count). The first kappa shape index (κ1) is 31.1. The summed E-state index contributed by atoms with van der Waals surface area (Å²) >= 11 is 0. The van der Waals surface area contributed by atoms with Crippen LogP contribution in [0.1, 0.15) is 20.8 Å². The van der Waals surface area contributed by atoms with Crippen LogP contribution >= 0.6 is 0 Å². The van der Waals surface area contributed by atoms with Crippen molar-refractivity contribution in [2.45, 2.75) is 32.7 Å². The molecule has 0 saturated heterocycles. The molecule has 4 aromatic rings. The van der Waals surface area contributed by atoms with Crippen LogP contribution < -0.4 is 25.5 Å². The summed E-state index contributed by atoms with van der Waals surface area (Å²) in [5, 5.41) is 4.65. The average molecular weight is 603 g/mol. The number of nitrogens with zero attached hydrogens (tertiary/aromatic N) is 4. The number of pyridine rings is 1. The van der Waals surface area contributed by atoms with E-state index in [-0.39, 0.29) is 41.2 Å². The minimum absolute atomic E-state index is 0.0387. The molecule has 2 aromatic carbocycles. The third-order valence-electron chi connectivity index (χ3n) is 5.85. The van der Waals surface area contributed by atoms with Crippen molar-refractivity contribution in [2.24, 2.45) is 7.05 Å². The summed E-state index contributed by atoms with van der Waals surface area (Å²) < 4.78 is 60.6. The number of amides is 1. The van der Waals surface area contributed by atoms with E-state index in [0.717, 1.165) is 21.7 Å². The number of aromatic nitrogens is 3. The number of ether oxygens (including phenoxy) is 4. The van der Waals surface area contributed by atoms with Gasteiger partial charge in [0.15, 0.2) is 5.82 Å². The highest BCUT2D eigenvalue weighted by Gasteiger charge is 2.32. The van der Waals surface area contributed by atoms with Crippen LogP contribution in [0.4, 0.5) is 29.5 Å². The molecule has 43 heavy (non-hydrogen) atoms. The molecule has 0 unspecified atom stereocenters. The Morgan fingerprint density at radius 1 is 0.930 bits per heavy atom.